The molecule has 0 amide bonds. The summed E-state index contributed by atoms with van der Waals surface area (Å²) in [7, 11) is 0. The fourth-order valence-electron chi connectivity index (χ4n) is 3.05. The molecule has 1 fully saturated rings. The van der Waals surface area contributed by atoms with Gasteiger partial charge in [-0.1, -0.05) is 35.8 Å². The molecule has 3 aromatic rings. The highest BCUT2D eigenvalue weighted by Crippen LogP contribution is 2.33. The van der Waals surface area contributed by atoms with Gasteiger partial charge in [0.2, 0.25) is 0 Å². The van der Waals surface area contributed by atoms with E-state index in [0.29, 0.717) is 10.9 Å². The van der Waals surface area contributed by atoms with Crippen molar-refractivity contribution >= 4 is 38.3 Å². The summed E-state index contributed by atoms with van der Waals surface area (Å²) in [4.78, 5) is 8.56. The zero-order valence-electron chi connectivity index (χ0n) is 13.5. The molecule has 1 saturated carbocycles. The van der Waals surface area contributed by atoms with Crippen molar-refractivity contribution < 1.29 is 9.84 Å². The highest BCUT2D eigenvalue weighted by atomic mass is 35.5. The molecule has 0 radical (unpaired) electrons. The minimum atomic E-state index is -0.295. The van der Waals surface area contributed by atoms with Crippen molar-refractivity contribution in [1.82, 2.24) is 9.97 Å². The van der Waals surface area contributed by atoms with Gasteiger partial charge >= 0.3 is 0 Å². The molecule has 0 saturated heterocycles. The maximum atomic E-state index is 10.1. The molecule has 0 aliphatic heterocycles. The number of pyridine rings is 1. The quantitative estimate of drug-likeness (QED) is 0.638. The van der Waals surface area contributed by atoms with Crippen molar-refractivity contribution in [2.24, 2.45) is 0 Å². The molecule has 0 spiro atoms. The van der Waals surface area contributed by atoms with E-state index in [1.165, 1.54) is 0 Å². The molecule has 0 bridgehead atoms. The Morgan fingerprint density at radius 3 is 2.84 bits per heavy atom. The van der Waals surface area contributed by atoms with Gasteiger partial charge in [0, 0.05) is 18.3 Å². The van der Waals surface area contributed by atoms with Gasteiger partial charge in [-0.05, 0) is 31.0 Å². The van der Waals surface area contributed by atoms with Crippen LogP contribution < -0.4 is 10.1 Å². The first-order valence-electron chi connectivity index (χ1n) is 8.32. The number of rotatable bonds is 4. The summed E-state index contributed by atoms with van der Waals surface area (Å²) in [5, 5.41) is 14.7. The lowest BCUT2D eigenvalue weighted by Gasteiger charge is -2.27. The summed E-state index contributed by atoms with van der Waals surface area (Å²) < 4.78 is 6.87. The monoisotopic (exact) mass is 375 g/mol. The van der Waals surface area contributed by atoms with Crippen LogP contribution >= 0.6 is 22.9 Å². The van der Waals surface area contributed by atoms with Crippen molar-refractivity contribution in [1.29, 1.82) is 0 Å². The molecule has 25 heavy (non-hydrogen) atoms. The number of hydrogen-bond acceptors (Lipinski definition) is 6. The molecule has 5 nitrogen and oxygen atoms in total. The number of ether oxygens (including phenoxy) is 1. The molecule has 1 aromatic carbocycles. The van der Waals surface area contributed by atoms with Gasteiger partial charge in [0.1, 0.15) is 16.7 Å². The van der Waals surface area contributed by atoms with Gasteiger partial charge in [-0.15, -0.1) is 0 Å². The molecule has 2 atom stereocenters. The predicted molar refractivity (Wildman–Crippen MR) is 101 cm³/mol. The van der Waals surface area contributed by atoms with Crippen LogP contribution in [-0.2, 0) is 0 Å². The summed E-state index contributed by atoms with van der Waals surface area (Å²) in [5.74, 6) is 1.37. The SMILES string of the molecule is O[C@@H]1CCCCC1Nc1nc2ccc(Oc3ccnc(Cl)c3)cc2s1. The molecule has 4 rings (SSSR count). The predicted octanol–water partition coefficient (Wildman–Crippen LogP) is 4.85. The van der Waals surface area contributed by atoms with Crippen LogP contribution in [-0.4, -0.2) is 27.2 Å². The van der Waals surface area contributed by atoms with E-state index in [1.807, 2.05) is 18.2 Å². The van der Waals surface area contributed by atoms with Crippen molar-refractivity contribution in [3.8, 4) is 11.5 Å². The smallest absolute Gasteiger partial charge is 0.184 e. The molecular weight excluding hydrogens is 358 g/mol. The normalized spacial score (nSPS) is 20.6. The number of thiazole rings is 1. The first-order valence-corrected chi connectivity index (χ1v) is 9.51. The number of halogens is 1. The van der Waals surface area contributed by atoms with Crippen LogP contribution in [0.15, 0.2) is 36.5 Å². The second-order valence-electron chi connectivity index (χ2n) is 6.17. The molecule has 1 aliphatic rings. The van der Waals surface area contributed by atoms with Gasteiger partial charge in [0.05, 0.1) is 22.4 Å². The topological polar surface area (TPSA) is 67.3 Å². The summed E-state index contributed by atoms with van der Waals surface area (Å²) in [6.07, 6.45) is 5.39. The second kappa shape index (κ2) is 7.15. The zero-order chi connectivity index (χ0) is 17.2. The lowest BCUT2D eigenvalue weighted by Crippen LogP contribution is -2.36. The van der Waals surface area contributed by atoms with Crippen LogP contribution in [0.1, 0.15) is 25.7 Å². The van der Waals surface area contributed by atoms with E-state index in [9.17, 15) is 5.11 Å². The number of benzene rings is 1. The lowest BCUT2D eigenvalue weighted by molar-refractivity contribution is 0.116. The minimum absolute atomic E-state index is 0.0870. The van der Waals surface area contributed by atoms with Crippen molar-refractivity contribution in [2.45, 2.75) is 37.8 Å². The van der Waals surface area contributed by atoms with E-state index in [2.05, 4.69) is 15.3 Å². The van der Waals surface area contributed by atoms with E-state index in [4.69, 9.17) is 16.3 Å². The average Bonchev–Trinajstić information content (AvgIpc) is 2.99. The largest absolute Gasteiger partial charge is 0.457 e. The van der Waals surface area contributed by atoms with Gasteiger partial charge in [-0.3, -0.25) is 0 Å². The van der Waals surface area contributed by atoms with Gasteiger partial charge in [-0.2, -0.15) is 0 Å². The molecule has 130 valence electrons. The highest BCUT2D eigenvalue weighted by Gasteiger charge is 2.23. The maximum Gasteiger partial charge on any atom is 0.184 e. The lowest BCUT2D eigenvalue weighted by atomic mass is 9.93. The summed E-state index contributed by atoms with van der Waals surface area (Å²) in [6.45, 7) is 0. The van der Waals surface area contributed by atoms with Crippen molar-refractivity contribution in [3.63, 3.8) is 0 Å². The van der Waals surface area contributed by atoms with Gasteiger partial charge in [0.25, 0.3) is 0 Å². The summed E-state index contributed by atoms with van der Waals surface area (Å²) >= 11 is 7.46. The number of nitrogens with zero attached hydrogens (tertiary/aromatic N) is 2. The molecule has 1 aliphatic carbocycles. The Morgan fingerprint density at radius 2 is 2.00 bits per heavy atom. The summed E-state index contributed by atoms with van der Waals surface area (Å²) in [5.41, 5.74) is 0.915. The Hall–Kier alpha value is -1.89. The van der Waals surface area contributed by atoms with Gasteiger partial charge in [-0.25, -0.2) is 9.97 Å². The van der Waals surface area contributed by atoms with E-state index < -0.39 is 0 Å². The number of aliphatic hydroxyl groups excluding tert-OH is 1. The minimum Gasteiger partial charge on any atom is -0.457 e. The van der Waals surface area contributed by atoms with E-state index in [-0.39, 0.29) is 12.1 Å². The molecular formula is C18H18ClN3O2S. The standard InChI is InChI=1S/C18H18ClN3O2S/c19-17-10-12(7-8-20-17)24-11-5-6-14-16(9-11)25-18(22-14)21-13-3-1-2-4-15(13)23/h5-10,13,15,23H,1-4H2,(H,21,22)/t13?,15-/m1/s1. The Bertz CT molecular complexity index is 886. The number of anilines is 1. The van der Waals surface area contributed by atoms with Crippen LogP contribution in [0.25, 0.3) is 10.2 Å². The van der Waals surface area contributed by atoms with Crippen LogP contribution in [0, 0.1) is 0 Å². The van der Waals surface area contributed by atoms with Gasteiger partial charge in [0.15, 0.2) is 5.13 Å². The zero-order valence-corrected chi connectivity index (χ0v) is 15.1. The number of hydrogen-bond donors (Lipinski definition) is 2. The number of aromatic nitrogens is 2. The number of fused-ring (bicyclic) bond motifs is 1. The van der Waals surface area contributed by atoms with Crippen LogP contribution in [0.5, 0.6) is 11.5 Å². The fraction of sp³-hybridized carbons (Fsp3) is 0.333. The van der Waals surface area contributed by atoms with Crippen LogP contribution in [0.2, 0.25) is 5.15 Å². The molecule has 2 aromatic heterocycles. The first kappa shape index (κ1) is 16.6. The molecule has 2 N–H and O–H groups in total. The van der Waals surface area contributed by atoms with Crippen molar-refractivity contribution in [2.75, 3.05) is 5.32 Å². The third kappa shape index (κ3) is 3.86. The average molecular weight is 376 g/mol. The Morgan fingerprint density at radius 1 is 1.16 bits per heavy atom. The molecule has 1 unspecified atom stereocenters. The highest BCUT2D eigenvalue weighted by molar-refractivity contribution is 7.22. The van der Waals surface area contributed by atoms with E-state index in [1.54, 1.807) is 29.7 Å². The second-order valence-corrected chi connectivity index (χ2v) is 7.59. The fourth-order valence-corrected chi connectivity index (χ4v) is 4.17. The van der Waals surface area contributed by atoms with Gasteiger partial charge < -0.3 is 15.2 Å². The third-order valence-corrected chi connectivity index (χ3v) is 5.49. The Labute approximate surface area is 154 Å². The Kier molecular flexibility index (Phi) is 4.74. The third-order valence-electron chi connectivity index (χ3n) is 4.33. The first-order chi connectivity index (χ1) is 12.2. The van der Waals surface area contributed by atoms with Crippen molar-refractivity contribution in [3.05, 3.63) is 41.7 Å². The van der Waals surface area contributed by atoms with Crippen LogP contribution in [0.4, 0.5) is 5.13 Å². The number of aliphatic hydroxyl groups is 1. The number of nitrogens with one attached hydrogen (secondary N) is 1. The summed E-state index contributed by atoms with van der Waals surface area (Å²) in [6, 6.07) is 9.31. The maximum absolute atomic E-state index is 10.1. The van der Waals surface area contributed by atoms with E-state index in [0.717, 1.165) is 46.8 Å². The molecule has 2 heterocycles. The van der Waals surface area contributed by atoms with Crippen LogP contribution in [0.3, 0.4) is 0 Å². The van der Waals surface area contributed by atoms with E-state index >= 15 is 0 Å². The molecule has 7 heteroatoms. The Balaban J connectivity index is 1.52.